The van der Waals surface area contributed by atoms with Crippen LogP contribution in [0.15, 0.2) is 23.9 Å². The molecule has 0 aliphatic carbocycles. The van der Waals surface area contributed by atoms with Gasteiger partial charge in [-0.15, -0.1) is 0 Å². The summed E-state index contributed by atoms with van der Waals surface area (Å²) >= 11 is 0. The number of hydrogen-bond donors (Lipinski definition) is 1. The summed E-state index contributed by atoms with van der Waals surface area (Å²) in [6.07, 6.45) is 5.65. The van der Waals surface area contributed by atoms with Crippen LogP contribution in [0.5, 0.6) is 0 Å². The lowest BCUT2D eigenvalue weighted by molar-refractivity contribution is -0.362. The largest absolute Gasteiger partial charge is 0.737 e. The van der Waals surface area contributed by atoms with Crippen molar-refractivity contribution in [1.82, 2.24) is 9.79 Å². The highest BCUT2D eigenvalue weighted by Gasteiger charge is 2.52. The lowest BCUT2D eigenvalue weighted by Crippen LogP contribution is -2.50. The molecule has 0 unspecified atom stereocenters. The van der Waals surface area contributed by atoms with Crippen LogP contribution in [0, 0.1) is 13.8 Å². The van der Waals surface area contributed by atoms with E-state index in [0.717, 1.165) is 14.5 Å². The molecule has 0 radical (unpaired) electrons. The maximum Gasteiger partial charge on any atom is 0.737 e. The van der Waals surface area contributed by atoms with Crippen molar-refractivity contribution >= 4 is 24.7 Å². The van der Waals surface area contributed by atoms with E-state index in [-0.39, 0.29) is 12.3 Å². The maximum atomic E-state index is 15.0. The van der Waals surface area contributed by atoms with Crippen LogP contribution < -0.4 is 5.32 Å². The molecule has 4 nitrogen and oxygen atoms in total. The Bertz CT molecular complexity index is 759. The van der Waals surface area contributed by atoms with Gasteiger partial charge in [-0.25, -0.2) is 0 Å². The van der Waals surface area contributed by atoms with Gasteiger partial charge in [0.2, 0.25) is 5.91 Å². The summed E-state index contributed by atoms with van der Waals surface area (Å²) < 4.78 is 32.3. The first-order valence-electron chi connectivity index (χ1n) is 7.32. The van der Waals surface area contributed by atoms with Crippen molar-refractivity contribution in [1.29, 1.82) is 0 Å². The van der Waals surface area contributed by atoms with Crippen LogP contribution >= 0.6 is 0 Å². The van der Waals surface area contributed by atoms with Gasteiger partial charge in [0.1, 0.15) is 5.71 Å². The summed E-state index contributed by atoms with van der Waals surface area (Å²) in [7, 11) is 1.54. The Balaban J connectivity index is 2.07. The van der Waals surface area contributed by atoms with Crippen LogP contribution in [-0.2, 0) is 4.79 Å². The summed E-state index contributed by atoms with van der Waals surface area (Å²) in [6.45, 7) is -0.396. The number of hydrogen-bond acceptors (Lipinski definition) is 1. The summed E-state index contributed by atoms with van der Waals surface area (Å²) in [6, 6.07) is 1.78. The van der Waals surface area contributed by atoms with E-state index in [0.29, 0.717) is 29.2 Å². The third-order valence-corrected chi connectivity index (χ3v) is 4.30. The summed E-state index contributed by atoms with van der Waals surface area (Å²) in [5.41, 5.74) is 2.93. The van der Waals surface area contributed by atoms with E-state index in [1.54, 1.807) is 38.3 Å². The third-order valence-electron chi connectivity index (χ3n) is 4.30. The van der Waals surface area contributed by atoms with Gasteiger partial charge in [-0.2, -0.15) is 0 Å². The molecule has 22 heavy (non-hydrogen) atoms. The average molecular weight is 305 g/mol. The highest BCUT2D eigenvalue weighted by Crippen LogP contribution is 2.34. The van der Waals surface area contributed by atoms with Gasteiger partial charge in [-0.3, -0.25) is 4.79 Å². The minimum Gasteiger partial charge on any atom is -0.394 e. The zero-order chi connectivity index (χ0) is 16.1. The van der Waals surface area contributed by atoms with Gasteiger partial charge in [0, 0.05) is 43.8 Å². The second kappa shape index (κ2) is 4.93. The number of aromatic nitrogens is 1. The second-order valence-corrected chi connectivity index (χ2v) is 5.75. The van der Waals surface area contributed by atoms with Gasteiger partial charge >= 0.3 is 6.97 Å². The van der Waals surface area contributed by atoms with Gasteiger partial charge in [0.05, 0.1) is 0 Å². The topological polar surface area (TPSA) is 37.0 Å². The van der Waals surface area contributed by atoms with E-state index >= 15 is 8.63 Å². The fourth-order valence-electron chi connectivity index (χ4n) is 3.26. The van der Waals surface area contributed by atoms with E-state index in [9.17, 15) is 4.79 Å². The Morgan fingerprint density at radius 2 is 2.09 bits per heavy atom. The molecule has 0 aromatic carbocycles. The first-order chi connectivity index (χ1) is 10.4. The Morgan fingerprint density at radius 1 is 1.36 bits per heavy atom. The van der Waals surface area contributed by atoms with Crippen molar-refractivity contribution in [3.05, 3.63) is 40.9 Å². The van der Waals surface area contributed by atoms with Gasteiger partial charge in [-0.1, -0.05) is 0 Å². The van der Waals surface area contributed by atoms with Crippen LogP contribution in [0.2, 0.25) is 0 Å². The molecular weight excluding hydrogens is 287 g/mol. The normalized spacial score (nSPS) is 18.1. The molecule has 1 N–H and O–H groups in total. The molecule has 3 rings (SSSR count). The van der Waals surface area contributed by atoms with Gasteiger partial charge in [0.15, 0.2) is 5.70 Å². The van der Waals surface area contributed by atoms with Crippen LogP contribution in [0.3, 0.4) is 0 Å². The highest BCUT2D eigenvalue weighted by atomic mass is 19.2. The molecule has 1 aromatic heterocycles. The lowest BCUT2D eigenvalue weighted by atomic mass is 9.90. The third kappa shape index (κ3) is 2.03. The minimum absolute atomic E-state index is 0.153. The number of nitrogens with zero attached hydrogens (tertiary/aromatic N) is 2. The molecule has 0 bridgehead atoms. The summed E-state index contributed by atoms with van der Waals surface area (Å²) in [5.74, 6) is -0.153. The highest BCUT2D eigenvalue weighted by molar-refractivity contribution is 6.58. The van der Waals surface area contributed by atoms with Gasteiger partial charge in [-0.05, 0) is 31.2 Å². The zero-order valence-electron chi connectivity index (χ0n) is 12.9. The maximum absolute atomic E-state index is 15.0. The van der Waals surface area contributed by atoms with Crippen LogP contribution in [0.1, 0.15) is 29.8 Å². The predicted molar refractivity (Wildman–Crippen MR) is 83.0 cm³/mol. The lowest BCUT2D eigenvalue weighted by Gasteiger charge is -2.30. The van der Waals surface area contributed by atoms with Crippen molar-refractivity contribution in [2.24, 2.45) is 0 Å². The number of rotatable bonds is 3. The molecular formula is C15H18BF2N3O. The first kappa shape index (κ1) is 14.7. The van der Waals surface area contributed by atoms with Crippen molar-refractivity contribution in [2.75, 3.05) is 7.05 Å². The molecule has 2 aliphatic rings. The van der Waals surface area contributed by atoms with Crippen molar-refractivity contribution in [2.45, 2.75) is 26.7 Å². The molecule has 7 heteroatoms. The van der Waals surface area contributed by atoms with Crippen molar-refractivity contribution in [3.8, 4) is 0 Å². The number of nitrogens with one attached hydrogen (secondary N) is 1. The quantitative estimate of drug-likeness (QED) is 0.854. The Kier molecular flexibility index (Phi) is 3.31. The fourth-order valence-corrected chi connectivity index (χ4v) is 3.26. The number of amides is 1. The smallest absolute Gasteiger partial charge is 0.394 e. The molecule has 2 aliphatic heterocycles. The first-order valence-corrected chi connectivity index (χ1v) is 7.32. The van der Waals surface area contributed by atoms with Gasteiger partial charge in [0.25, 0.3) is 0 Å². The molecule has 1 aromatic rings. The molecule has 1 amide bonds. The number of aryl methyl sites for hydroxylation is 2. The summed E-state index contributed by atoms with van der Waals surface area (Å²) in [5, 5.41) is 2.51. The number of carbonyl (C=O) groups excluding carboxylic acids is 1. The average Bonchev–Trinajstić information content (AvgIpc) is 2.99. The van der Waals surface area contributed by atoms with E-state index in [4.69, 9.17) is 0 Å². The molecule has 0 saturated heterocycles. The van der Waals surface area contributed by atoms with Crippen molar-refractivity contribution < 1.29 is 17.9 Å². The van der Waals surface area contributed by atoms with Gasteiger partial charge < -0.3 is 22.9 Å². The van der Waals surface area contributed by atoms with E-state index in [1.165, 1.54) is 0 Å². The second-order valence-electron chi connectivity index (χ2n) is 5.75. The van der Waals surface area contributed by atoms with E-state index in [1.807, 2.05) is 6.92 Å². The molecule has 3 heterocycles. The van der Waals surface area contributed by atoms with Crippen LogP contribution in [0.4, 0.5) is 8.63 Å². The zero-order valence-corrected chi connectivity index (χ0v) is 12.9. The molecule has 0 fully saturated rings. The van der Waals surface area contributed by atoms with Crippen LogP contribution in [-0.4, -0.2) is 34.6 Å². The Hall–Kier alpha value is -2.18. The number of halogens is 2. The molecule has 0 saturated carbocycles. The molecule has 0 spiro atoms. The molecule has 116 valence electrons. The fraction of sp³-hybridized carbons (Fsp3) is 0.333. The number of carbonyl (C=O) groups is 1. The van der Waals surface area contributed by atoms with Crippen LogP contribution in [0.25, 0.3) is 6.08 Å². The predicted octanol–water partition coefficient (Wildman–Crippen LogP) is 2.23. The summed E-state index contributed by atoms with van der Waals surface area (Å²) in [4.78, 5) is 11.4. The van der Waals surface area contributed by atoms with Crippen molar-refractivity contribution in [3.63, 3.8) is 0 Å². The van der Waals surface area contributed by atoms with E-state index < -0.39 is 6.97 Å². The molecule has 0 atom stereocenters. The Morgan fingerprint density at radius 3 is 2.77 bits per heavy atom. The monoisotopic (exact) mass is 305 g/mol. The minimum atomic E-state index is -3.93. The Labute approximate surface area is 127 Å². The van der Waals surface area contributed by atoms with E-state index in [2.05, 4.69) is 5.32 Å². The SMILES string of the molecule is CNC(=O)CCC1=[N+]2C(=Cc3c(C)cc(C)n3[B-]2(F)F)C=C1. The number of allylic oxidation sites excluding steroid dienone is 2. The standard InChI is InChI=1S/C15H18BF2N3O/c1-10-8-11(2)20-14(10)9-13-5-4-12(6-7-15(22)19-3)21(13)16(20,17)18/h4-5,8-9H,6-7H2,1-3H3,(H,19,22). The number of fused-ring (bicyclic) bond motifs is 2.